The number of nitrogens with zero attached hydrogens (tertiary/aromatic N) is 3. The summed E-state index contributed by atoms with van der Waals surface area (Å²) in [5, 5.41) is 7.94. The first-order valence-corrected chi connectivity index (χ1v) is 8.31. The van der Waals surface area contributed by atoms with Crippen molar-refractivity contribution < 1.29 is 14.3 Å². The first kappa shape index (κ1) is 17.8. The third-order valence-electron chi connectivity index (χ3n) is 3.55. The van der Waals surface area contributed by atoms with Crippen LogP contribution >= 0.6 is 11.6 Å². The molecule has 1 aliphatic rings. The van der Waals surface area contributed by atoms with Crippen molar-refractivity contribution in [3.05, 3.63) is 17.3 Å². The predicted molar refractivity (Wildman–Crippen MR) is 87.7 cm³/mol. The maximum Gasteiger partial charge on any atom is 0.410 e. The van der Waals surface area contributed by atoms with Gasteiger partial charge in [0.25, 0.3) is 0 Å². The number of amides is 1. The van der Waals surface area contributed by atoms with E-state index in [4.69, 9.17) is 21.1 Å². The number of carbonyl (C=O) groups excluding carboxylic acids is 1. The van der Waals surface area contributed by atoms with E-state index >= 15 is 0 Å². The van der Waals surface area contributed by atoms with E-state index in [0.29, 0.717) is 30.1 Å². The standard InChI is InChI=1S/C16H24ClN3O3/c1-16(2,3)23-15(21)20-9-4-5-12(11-20)8-10-22-14-7-6-13(17)18-19-14/h6-7,12H,4-5,8-11H2,1-3H3. The number of halogens is 1. The second kappa shape index (κ2) is 7.81. The van der Waals surface area contributed by atoms with Crippen molar-refractivity contribution in [3.63, 3.8) is 0 Å². The molecule has 1 aromatic rings. The lowest BCUT2D eigenvalue weighted by molar-refractivity contribution is 0.0154. The summed E-state index contributed by atoms with van der Waals surface area (Å²) < 4.78 is 11.0. The Morgan fingerprint density at radius 2 is 2.17 bits per heavy atom. The first-order valence-electron chi connectivity index (χ1n) is 7.93. The van der Waals surface area contributed by atoms with Gasteiger partial charge in [-0.2, -0.15) is 0 Å². The summed E-state index contributed by atoms with van der Waals surface area (Å²) in [4.78, 5) is 13.9. The van der Waals surface area contributed by atoms with Gasteiger partial charge in [-0.25, -0.2) is 4.79 Å². The van der Waals surface area contributed by atoms with Crippen LogP contribution in [0.2, 0.25) is 5.15 Å². The average molecular weight is 342 g/mol. The molecule has 0 aliphatic carbocycles. The zero-order valence-corrected chi connectivity index (χ0v) is 14.7. The fraction of sp³-hybridized carbons (Fsp3) is 0.688. The molecule has 1 aliphatic heterocycles. The maximum absolute atomic E-state index is 12.1. The number of hydrogen-bond acceptors (Lipinski definition) is 5. The highest BCUT2D eigenvalue weighted by atomic mass is 35.5. The van der Waals surface area contributed by atoms with E-state index in [-0.39, 0.29) is 6.09 Å². The number of carbonyl (C=O) groups is 1. The van der Waals surface area contributed by atoms with E-state index in [1.54, 1.807) is 17.0 Å². The van der Waals surface area contributed by atoms with Crippen molar-refractivity contribution in [1.82, 2.24) is 15.1 Å². The SMILES string of the molecule is CC(C)(C)OC(=O)N1CCCC(CCOc2ccc(Cl)nn2)C1. The van der Waals surface area contributed by atoms with Crippen LogP contribution in [0.4, 0.5) is 4.79 Å². The summed E-state index contributed by atoms with van der Waals surface area (Å²) in [6, 6.07) is 3.35. The molecule has 1 aromatic heterocycles. The third-order valence-corrected chi connectivity index (χ3v) is 3.76. The molecule has 1 saturated heterocycles. The number of likely N-dealkylation sites (tertiary alicyclic amines) is 1. The largest absolute Gasteiger partial charge is 0.477 e. The molecule has 7 heteroatoms. The smallest absolute Gasteiger partial charge is 0.410 e. The predicted octanol–water partition coefficient (Wildman–Crippen LogP) is 3.55. The molecule has 1 amide bonds. The number of aromatic nitrogens is 2. The van der Waals surface area contributed by atoms with Crippen molar-refractivity contribution in [1.29, 1.82) is 0 Å². The number of ether oxygens (including phenoxy) is 2. The lowest BCUT2D eigenvalue weighted by Gasteiger charge is -2.34. The summed E-state index contributed by atoms with van der Waals surface area (Å²) in [7, 11) is 0. The van der Waals surface area contributed by atoms with Crippen LogP contribution in [-0.2, 0) is 4.74 Å². The van der Waals surface area contributed by atoms with E-state index in [1.165, 1.54) is 0 Å². The molecule has 0 N–H and O–H groups in total. The topological polar surface area (TPSA) is 64.5 Å². The van der Waals surface area contributed by atoms with Crippen LogP contribution in [0.1, 0.15) is 40.0 Å². The fourth-order valence-electron chi connectivity index (χ4n) is 2.50. The van der Waals surface area contributed by atoms with Crippen LogP contribution in [0, 0.1) is 5.92 Å². The van der Waals surface area contributed by atoms with Crippen LogP contribution in [0.15, 0.2) is 12.1 Å². The van der Waals surface area contributed by atoms with E-state index in [9.17, 15) is 4.79 Å². The molecular weight excluding hydrogens is 318 g/mol. The summed E-state index contributed by atoms with van der Waals surface area (Å²) in [5.41, 5.74) is -0.458. The molecule has 0 bridgehead atoms. The second-order valence-electron chi connectivity index (χ2n) is 6.77. The van der Waals surface area contributed by atoms with Gasteiger partial charge in [-0.15, -0.1) is 10.2 Å². The van der Waals surface area contributed by atoms with Crippen molar-refractivity contribution in [2.24, 2.45) is 5.92 Å². The molecule has 2 rings (SSSR count). The number of rotatable bonds is 4. The zero-order valence-electron chi connectivity index (χ0n) is 13.9. The van der Waals surface area contributed by atoms with Gasteiger partial charge in [0.05, 0.1) is 6.61 Å². The Kier molecular flexibility index (Phi) is 6.04. The van der Waals surface area contributed by atoms with Crippen LogP contribution in [0.25, 0.3) is 0 Å². The molecule has 1 atom stereocenters. The first-order chi connectivity index (χ1) is 10.8. The molecule has 1 fully saturated rings. The molecule has 23 heavy (non-hydrogen) atoms. The molecular formula is C16H24ClN3O3. The quantitative estimate of drug-likeness (QED) is 0.838. The Balaban J connectivity index is 1.75. The van der Waals surface area contributed by atoms with Gasteiger partial charge in [0, 0.05) is 19.2 Å². The zero-order chi connectivity index (χ0) is 16.9. The Morgan fingerprint density at radius 1 is 1.39 bits per heavy atom. The van der Waals surface area contributed by atoms with E-state index in [1.807, 2.05) is 20.8 Å². The lowest BCUT2D eigenvalue weighted by Crippen LogP contribution is -2.43. The Morgan fingerprint density at radius 3 is 2.83 bits per heavy atom. The Bertz CT molecular complexity index is 516. The molecule has 2 heterocycles. The van der Waals surface area contributed by atoms with Gasteiger partial charge in [0.2, 0.25) is 5.88 Å². The van der Waals surface area contributed by atoms with E-state index in [0.717, 1.165) is 25.8 Å². The molecule has 0 radical (unpaired) electrons. The fourth-order valence-corrected chi connectivity index (χ4v) is 2.60. The van der Waals surface area contributed by atoms with Crippen molar-refractivity contribution in [3.8, 4) is 5.88 Å². The third kappa shape index (κ3) is 6.22. The highest BCUT2D eigenvalue weighted by molar-refractivity contribution is 6.29. The molecule has 0 spiro atoms. The van der Waals surface area contributed by atoms with Crippen molar-refractivity contribution in [2.45, 2.75) is 45.6 Å². The van der Waals surface area contributed by atoms with Gasteiger partial charge in [0.1, 0.15) is 5.60 Å². The highest BCUT2D eigenvalue weighted by Crippen LogP contribution is 2.22. The Hall–Kier alpha value is -1.56. The van der Waals surface area contributed by atoms with Gasteiger partial charge in [-0.3, -0.25) is 0 Å². The molecule has 6 nitrogen and oxygen atoms in total. The van der Waals surface area contributed by atoms with Gasteiger partial charge < -0.3 is 14.4 Å². The molecule has 128 valence electrons. The van der Waals surface area contributed by atoms with Crippen LogP contribution in [0.5, 0.6) is 5.88 Å². The summed E-state index contributed by atoms with van der Waals surface area (Å²) in [5.74, 6) is 0.880. The van der Waals surface area contributed by atoms with Gasteiger partial charge in [-0.05, 0) is 52.0 Å². The minimum Gasteiger partial charge on any atom is -0.477 e. The minimum atomic E-state index is -0.458. The number of piperidine rings is 1. The van der Waals surface area contributed by atoms with Crippen molar-refractivity contribution >= 4 is 17.7 Å². The van der Waals surface area contributed by atoms with Crippen LogP contribution < -0.4 is 4.74 Å². The van der Waals surface area contributed by atoms with Crippen LogP contribution in [-0.4, -0.2) is 46.5 Å². The van der Waals surface area contributed by atoms with Gasteiger partial charge in [-0.1, -0.05) is 11.6 Å². The lowest BCUT2D eigenvalue weighted by atomic mass is 9.95. The van der Waals surface area contributed by atoms with E-state index < -0.39 is 5.60 Å². The van der Waals surface area contributed by atoms with Gasteiger partial charge in [0.15, 0.2) is 5.15 Å². The number of hydrogen-bond donors (Lipinski definition) is 0. The van der Waals surface area contributed by atoms with Crippen molar-refractivity contribution in [2.75, 3.05) is 19.7 Å². The second-order valence-corrected chi connectivity index (χ2v) is 7.15. The van der Waals surface area contributed by atoms with Crippen LogP contribution in [0.3, 0.4) is 0 Å². The monoisotopic (exact) mass is 341 g/mol. The summed E-state index contributed by atoms with van der Waals surface area (Å²) >= 11 is 5.68. The highest BCUT2D eigenvalue weighted by Gasteiger charge is 2.27. The Labute approximate surface area is 142 Å². The molecule has 0 saturated carbocycles. The normalized spacial score (nSPS) is 18.6. The average Bonchev–Trinajstić information content (AvgIpc) is 2.48. The summed E-state index contributed by atoms with van der Waals surface area (Å²) in [6.45, 7) is 7.66. The summed E-state index contributed by atoms with van der Waals surface area (Å²) in [6.07, 6.45) is 2.72. The maximum atomic E-state index is 12.1. The minimum absolute atomic E-state index is 0.230. The van der Waals surface area contributed by atoms with E-state index in [2.05, 4.69) is 10.2 Å². The molecule has 1 unspecified atom stereocenters. The molecule has 0 aromatic carbocycles. The van der Waals surface area contributed by atoms with Gasteiger partial charge >= 0.3 is 6.09 Å².